The van der Waals surface area contributed by atoms with Gasteiger partial charge in [-0.2, -0.15) is 0 Å². The SMILES string of the molecule is COCCOC(=O)c1c(C)oc2ccc(OCc3ccc(N([O-])O)cc3)cc12. The topological polar surface area (TPSA) is 104 Å². The molecule has 0 atom stereocenters. The highest BCUT2D eigenvalue weighted by Crippen LogP contribution is 2.30. The largest absolute Gasteiger partial charge is 0.733 e. The summed E-state index contributed by atoms with van der Waals surface area (Å²) < 4.78 is 21.5. The fourth-order valence-corrected chi connectivity index (χ4v) is 2.72. The van der Waals surface area contributed by atoms with E-state index in [4.69, 9.17) is 23.8 Å². The third kappa shape index (κ3) is 4.42. The predicted molar refractivity (Wildman–Crippen MR) is 102 cm³/mol. The maximum atomic E-state index is 12.4. The minimum absolute atomic E-state index is 0.135. The van der Waals surface area contributed by atoms with E-state index in [1.807, 2.05) is 0 Å². The van der Waals surface area contributed by atoms with E-state index in [0.29, 0.717) is 34.6 Å². The lowest BCUT2D eigenvalue weighted by atomic mass is 10.1. The molecule has 0 aliphatic rings. The number of furan rings is 1. The van der Waals surface area contributed by atoms with Crippen molar-refractivity contribution in [3.8, 4) is 5.75 Å². The molecule has 0 amide bonds. The lowest BCUT2D eigenvalue weighted by Gasteiger charge is -2.21. The average molecular weight is 386 g/mol. The van der Waals surface area contributed by atoms with Crippen LogP contribution in [0.2, 0.25) is 0 Å². The zero-order valence-electron chi connectivity index (χ0n) is 15.5. The highest BCUT2D eigenvalue weighted by Gasteiger charge is 2.20. The summed E-state index contributed by atoms with van der Waals surface area (Å²) in [6.07, 6.45) is 0. The molecule has 0 fully saturated rings. The van der Waals surface area contributed by atoms with Gasteiger partial charge in [0.25, 0.3) is 0 Å². The summed E-state index contributed by atoms with van der Waals surface area (Å²) >= 11 is 0. The Bertz CT molecular complexity index is 947. The summed E-state index contributed by atoms with van der Waals surface area (Å²) in [7, 11) is 1.53. The molecule has 0 saturated heterocycles. The minimum atomic E-state index is -0.479. The summed E-state index contributed by atoms with van der Waals surface area (Å²) in [5.41, 5.74) is 1.87. The van der Waals surface area contributed by atoms with Crippen molar-refractivity contribution in [3.05, 3.63) is 64.6 Å². The van der Waals surface area contributed by atoms with Crippen LogP contribution in [-0.4, -0.2) is 31.5 Å². The monoisotopic (exact) mass is 386 g/mol. The van der Waals surface area contributed by atoms with Gasteiger partial charge in [-0.3, -0.25) is 5.21 Å². The Morgan fingerprint density at radius 2 is 1.93 bits per heavy atom. The van der Waals surface area contributed by atoms with Crippen LogP contribution in [0.1, 0.15) is 21.7 Å². The first-order chi connectivity index (χ1) is 13.5. The predicted octanol–water partition coefficient (Wildman–Crippen LogP) is 3.82. The van der Waals surface area contributed by atoms with Gasteiger partial charge in [0, 0.05) is 12.5 Å². The van der Waals surface area contributed by atoms with Crippen LogP contribution in [0.5, 0.6) is 5.75 Å². The minimum Gasteiger partial charge on any atom is -0.733 e. The second kappa shape index (κ2) is 8.75. The molecule has 28 heavy (non-hydrogen) atoms. The number of rotatable bonds is 8. The zero-order valence-corrected chi connectivity index (χ0v) is 15.5. The Balaban J connectivity index is 1.75. The molecular formula is C20H20NO7-. The summed E-state index contributed by atoms with van der Waals surface area (Å²) in [6.45, 7) is 2.42. The number of anilines is 1. The van der Waals surface area contributed by atoms with Gasteiger partial charge < -0.3 is 29.1 Å². The van der Waals surface area contributed by atoms with Gasteiger partial charge in [-0.15, -0.1) is 0 Å². The van der Waals surface area contributed by atoms with Crippen LogP contribution < -0.4 is 9.96 Å². The number of aryl methyl sites for hydroxylation is 1. The average Bonchev–Trinajstić information content (AvgIpc) is 3.01. The second-order valence-electron chi connectivity index (χ2n) is 6.05. The van der Waals surface area contributed by atoms with Crippen LogP contribution in [0.15, 0.2) is 46.9 Å². The lowest BCUT2D eigenvalue weighted by Crippen LogP contribution is -2.10. The van der Waals surface area contributed by atoms with E-state index in [2.05, 4.69) is 0 Å². The van der Waals surface area contributed by atoms with E-state index >= 15 is 0 Å². The van der Waals surface area contributed by atoms with Crippen molar-refractivity contribution in [2.24, 2.45) is 0 Å². The number of benzene rings is 2. The quantitative estimate of drug-likeness (QED) is 0.354. The van der Waals surface area contributed by atoms with Gasteiger partial charge in [0.1, 0.15) is 35.9 Å². The molecule has 0 radical (unpaired) electrons. The molecule has 1 aromatic heterocycles. The normalized spacial score (nSPS) is 10.9. The molecular weight excluding hydrogens is 366 g/mol. The molecule has 1 heterocycles. The Hall–Kier alpha value is -3.07. The summed E-state index contributed by atoms with van der Waals surface area (Å²) in [5, 5.41) is 20.1. The van der Waals surface area contributed by atoms with E-state index in [0.717, 1.165) is 5.56 Å². The van der Waals surface area contributed by atoms with Gasteiger partial charge >= 0.3 is 5.97 Å². The molecule has 8 nitrogen and oxygen atoms in total. The maximum Gasteiger partial charge on any atom is 0.342 e. The number of hydrogen-bond acceptors (Lipinski definition) is 8. The van der Waals surface area contributed by atoms with Crippen LogP contribution >= 0.6 is 0 Å². The molecule has 0 aliphatic carbocycles. The number of ether oxygens (including phenoxy) is 3. The van der Waals surface area contributed by atoms with Gasteiger partial charge in [-0.05, 0) is 42.8 Å². The molecule has 3 aromatic rings. The van der Waals surface area contributed by atoms with Crippen LogP contribution in [0.25, 0.3) is 11.0 Å². The van der Waals surface area contributed by atoms with Crippen molar-refractivity contribution < 1.29 is 28.6 Å². The smallest absolute Gasteiger partial charge is 0.342 e. The van der Waals surface area contributed by atoms with Gasteiger partial charge in [0.15, 0.2) is 0 Å². The maximum absolute atomic E-state index is 12.4. The van der Waals surface area contributed by atoms with Crippen LogP contribution in [0, 0.1) is 12.1 Å². The molecule has 148 valence electrons. The van der Waals surface area contributed by atoms with E-state index in [1.54, 1.807) is 37.3 Å². The molecule has 8 heteroatoms. The first kappa shape index (κ1) is 19.7. The van der Waals surface area contributed by atoms with E-state index in [9.17, 15) is 10.0 Å². The second-order valence-corrected chi connectivity index (χ2v) is 6.05. The van der Waals surface area contributed by atoms with Gasteiger partial charge in [0.05, 0.1) is 12.3 Å². The zero-order chi connectivity index (χ0) is 20.1. The van der Waals surface area contributed by atoms with Gasteiger partial charge in [0.2, 0.25) is 0 Å². The highest BCUT2D eigenvalue weighted by molar-refractivity contribution is 6.04. The number of esters is 1. The molecule has 0 saturated carbocycles. The number of carbonyl (C=O) groups is 1. The first-order valence-electron chi connectivity index (χ1n) is 8.56. The van der Waals surface area contributed by atoms with Crippen molar-refractivity contribution in [2.75, 3.05) is 25.6 Å². The first-order valence-corrected chi connectivity index (χ1v) is 8.56. The lowest BCUT2D eigenvalue weighted by molar-refractivity contribution is 0.0388. The fraction of sp³-hybridized carbons (Fsp3) is 0.250. The molecule has 2 aromatic carbocycles. The summed E-state index contributed by atoms with van der Waals surface area (Å²) in [6, 6.07) is 11.5. The molecule has 1 N–H and O–H groups in total. The van der Waals surface area contributed by atoms with Gasteiger partial charge in [-0.25, -0.2) is 4.79 Å². The summed E-state index contributed by atoms with van der Waals surface area (Å²) in [5.74, 6) is 0.541. The Morgan fingerprint density at radius 1 is 1.18 bits per heavy atom. The van der Waals surface area contributed by atoms with Crippen molar-refractivity contribution in [3.63, 3.8) is 0 Å². The summed E-state index contributed by atoms with van der Waals surface area (Å²) in [4.78, 5) is 12.4. The third-order valence-electron chi connectivity index (χ3n) is 4.12. The van der Waals surface area contributed by atoms with E-state index in [-0.39, 0.29) is 24.1 Å². The Kier molecular flexibility index (Phi) is 6.15. The molecule has 3 rings (SSSR count). The number of methoxy groups -OCH3 is 1. The number of fused-ring (bicyclic) bond motifs is 1. The van der Waals surface area contributed by atoms with Crippen LogP contribution in [0.3, 0.4) is 0 Å². The molecule has 0 aliphatic heterocycles. The molecule has 0 bridgehead atoms. The van der Waals surface area contributed by atoms with E-state index < -0.39 is 5.97 Å². The van der Waals surface area contributed by atoms with E-state index in [1.165, 1.54) is 19.2 Å². The Labute approximate surface area is 161 Å². The fourth-order valence-electron chi connectivity index (χ4n) is 2.72. The standard InChI is InChI=1S/C20H20NO7/c1-13-19(20(22)26-10-9-25-2)17-11-16(7-8-18(17)28-13)27-12-14-3-5-15(6-4-14)21(23)24/h3-8,11,23H,9-10,12H2,1-2H3/q-1. The molecule has 0 spiro atoms. The highest BCUT2D eigenvalue weighted by atomic mass is 16.8. The molecule has 0 unspecified atom stereocenters. The van der Waals surface area contributed by atoms with Crippen molar-refractivity contribution in [1.82, 2.24) is 0 Å². The van der Waals surface area contributed by atoms with Gasteiger partial charge in [-0.1, -0.05) is 12.1 Å². The van der Waals surface area contributed by atoms with Crippen LogP contribution in [-0.2, 0) is 16.1 Å². The van der Waals surface area contributed by atoms with Crippen molar-refractivity contribution in [1.29, 1.82) is 0 Å². The van der Waals surface area contributed by atoms with Crippen LogP contribution in [0.4, 0.5) is 5.69 Å². The number of carbonyl (C=O) groups excluding carboxylic acids is 1. The third-order valence-corrected chi connectivity index (χ3v) is 4.12. The van der Waals surface area contributed by atoms with Crippen molar-refractivity contribution >= 4 is 22.6 Å². The van der Waals surface area contributed by atoms with Crippen molar-refractivity contribution in [2.45, 2.75) is 13.5 Å². The number of nitrogens with zero attached hydrogens (tertiary/aromatic N) is 1. The Morgan fingerprint density at radius 3 is 2.61 bits per heavy atom. The number of hydrogen-bond donors (Lipinski definition) is 1.